The summed E-state index contributed by atoms with van der Waals surface area (Å²) < 4.78 is 5.94. The zero-order valence-corrected chi connectivity index (χ0v) is 13.0. The number of hydrogen-bond donors (Lipinski definition) is 1. The fraction of sp³-hybridized carbons (Fsp3) is 0.222. The fourth-order valence-electron chi connectivity index (χ4n) is 2.10. The predicted octanol–water partition coefficient (Wildman–Crippen LogP) is 4.50. The molecule has 2 rings (SSSR count). The van der Waals surface area contributed by atoms with Gasteiger partial charge in [0.25, 0.3) is 0 Å². The van der Waals surface area contributed by atoms with Crippen molar-refractivity contribution in [2.75, 3.05) is 6.54 Å². The lowest BCUT2D eigenvalue weighted by Gasteiger charge is -2.13. The maximum atomic E-state index is 6.06. The van der Waals surface area contributed by atoms with Gasteiger partial charge in [-0.15, -0.1) is 6.58 Å². The molecule has 0 atom stereocenters. The SMILES string of the molecule is C=CCNCc1cc(Cl)ccc1OCc1cccc(C)c1. The van der Waals surface area contributed by atoms with Crippen molar-refractivity contribution in [2.24, 2.45) is 0 Å². The molecule has 0 saturated carbocycles. The van der Waals surface area contributed by atoms with Crippen molar-refractivity contribution < 1.29 is 4.74 Å². The molecule has 0 saturated heterocycles. The van der Waals surface area contributed by atoms with Crippen LogP contribution in [0.4, 0.5) is 0 Å². The van der Waals surface area contributed by atoms with Gasteiger partial charge in [0.2, 0.25) is 0 Å². The summed E-state index contributed by atoms with van der Waals surface area (Å²) in [5.41, 5.74) is 3.45. The Morgan fingerprint density at radius 1 is 1.24 bits per heavy atom. The molecule has 2 aromatic carbocycles. The summed E-state index contributed by atoms with van der Waals surface area (Å²) >= 11 is 6.06. The number of rotatable bonds is 7. The molecule has 110 valence electrons. The zero-order chi connectivity index (χ0) is 15.1. The van der Waals surface area contributed by atoms with E-state index in [9.17, 15) is 0 Å². The van der Waals surface area contributed by atoms with E-state index in [1.165, 1.54) is 5.56 Å². The Kier molecular flexibility index (Phi) is 5.85. The minimum absolute atomic E-state index is 0.553. The van der Waals surface area contributed by atoms with E-state index < -0.39 is 0 Å². The number of ether oxygens (including phenoxy) is 1. The Hall–Kier alpha value is -1.77. The first-order valence-corrected chi connectivity index (χ1v) is 7.35. The first-order chi connectivity index (χ1) is 10.2. The van der Waals surface area contributed by atoms with Gasteiger partial charge in [0.1, 0.15) is 12.4 Å². The van der Waals surface area contributed by atoms with E-state index in [2.05, 4.69) is 37.0 Å². The van der Waals surface area contributed by atoms with Gasteiger partial charge in [-0.2, -0.15) is 0 Å². The van der Waals surface area contributed by atoms with Crippen molar-refractivity contribution in [1.82, 2.24) is 5.32 Å². The molecule has 0 unspecified atom stereocenters. The van der Waals surface area contributed by atoms with Gasteiger partial charge in [-0.3, -0.25) is 0 Å². The van der Waals surface area contributed by atoms with Crippen LogP contribution in [0.15, 0.2) is 55.1 Å². The molecule has 0 bridgehead atoms. The molecule has 0 radical (unpaired) electrons. The average molecular weight is 302 g/mol. The highest BCUT2D eigenvalue weighted by Crippen LogP contribution is 2.24. The van der Waals surface area contributed by atoms with Crippen LogP contribution >= 0.6 is 11.6 Å². The predicted molar refractivity (Wildman–Crippen MR) is 88.9 cm³/mol. The van der Waals surface area contributed by atoms with Gasteiger partial charge in [0, 0.05) is 23.7 Å². The lowest BCUT2D eigenvalue weighted by molar-refractivity contribution is 0.302. The summed E-state index contributed by atoms with van der Waals surface area (Å²) in [6.45, 7) is 7.79. The molecule has 1 N–H and O–H groups in total. The molecule has 2 nitrogen and oxygen atoms in total. The Morgan fingerprint density at radius 3 is 2.86 bits per heavy atom. The Labute approximate surface area is 131 Å². The average Bonchev–Trinajstić information content (AvgIpc) is 2.47. The van der Waals surface area contributed by atoms with E-state index in [0.29, 0.717) is 18.2 Å². The van der Waals surface area contributed by atoms with Crippen LogP contribution in [0.5, 0.6) is 5.75 Å². The normalized spacial score (nSPS) is 10.4. The van der Waals surface area contributed by atoms with E-state index in [1.54, 1.807) is 0 Å². The van der Waals surface area contributed by atoms with E-state index in [-0.39, 0.29) is 0 Å². The van der Waals surface area contributed by atoms with E-state index in [0.717, 1.165) is 23.4 Å². The highest BCUT2D eigenvalue weighted by atomic mass is 35.5. The molecular formula is C18H20ClNO. The molecule has 0 aromatic heterocycles. The molecule has 0 fully saturated rings. The third-order valence-corrected chi connectivity index (χ3v) is 3.34. The van der Waals surface area contributed by atoms with Gasteiger partial charge in [0.05, 0.1) is 0 Å². The number of hydrogen-bond acceptors (Lipinski definition) is 2. The third-order valence-electron chi connectivity index (χ3n) is 3.10. The summed E-state index contributed by atoms with van der Waals surface area (Å²) in [7, 11) is 0. The highest BCUT2D eigenvalue weighted by molar-refractivity contribution is 6.30. The van der Waals surface area contributed by atoms with Crippen LogP contribution < -0.4 is 10.1 Å². The summed E-state index contributed by atoms with van der Waals surface area (Å²) in [4.78, 5) is 0. The Morgan fingerprint density at radius 2 is 2.10 bits per heavy atom. The summed E-state index contributed by atoms with van der Waals surface area (Å²) in [6.07, 6.45) is 1.83. The smallest absolute Gasteiger partial charge is 0.124 e. The zero-order valence-electron chi connectivity index (χ0n) is 12.2. The maximum absolute atomic E-state index is 6.06. The van der Waals surface area contributed by atoms with Crippen molar-refractivity contribution >= 4 is 11.6 Å². The second-order valence-electron chi connectivity index (χ2n) is 4.95. The first-order valence-electron chi connectivity index (χ1n) is 6.97. The molecule has 0 spiro atoms. The lowest BCUT2D eigenvalue weighted by Crippen LogP contribution is -2.13. The number of benzene rings is 2. The molecule has 0 amide bonds. The van der Waals surface area contributed by atoms with Crippen LogP contribution in [0, 0.1) is 6.92 Å². The summed E-state index contributed by atoms with van der Waals surface area (Å²) in [5, 5.41) is 3.99. The minimum atomic E-state index is 0.553. The summed E-state index contributed by atoms with van der Waals surface area (Å²) in [6, 6.07) is 14.0. The number of halogens is 1. The van der Waals surface area contributed by atoms with Gasteiger partial charge >= 0.3 is 0 Å². The van der Waals surface area contributed by atoms with Crippen molar-refractivity contribution in [3.63, 3.8) is 0 Å². The van der Waals surface area contributed by atoms with E-state index >= 15 is 0 Å². The van der Waals surface area contributed by atoms with Crippen LogP contribution in [0.25, 0.3) is 0 Å². The topological polar surface area (TPSA) is 21.3 Å². The van der Waals surface area contributed by atoms with Gasteiger partial charge in [-0.25, -0.2) is 0 Å². The van der Waals surface area contributed by atoms with Crippen LogP contribution in [0.3, 0.4) is 0 Å². The van der Waals surface area contributed by atoms with Crippen LogP contribution in [0.2, 0.25) is 5.02 Å². The molecule has 0 heterocycles. The molecule has 0 aliphatic carbocycles. The van der Waals surface area contributed by atoms with Crippen LogP contribution in [0.1, 0.15) is 16.7 Å². The van der Waals surface area contributed by atoms with Crippen LogP contribution in [-0.4, -0.2) is 6.54 Å². The first kappa shape index (κ1) is 15.6. The molecule has 3 heteroatoms. The standard InChI is InChI=1S/C18H20ClNO/c1-3-9-20-12-16-11-17(19)7-8-18(16)21-13-15-6-4-5-14(2)10-15/h3-8,10-11,20H,1,9,12-13H2,2H3. The van der Waals surface area contributed by atoms with Crippen LogP contribution in [-0.2, 0) is 13.2 Å². The van der Waals surface area contributed by atoms with Crippen molar-refractivity contribution in [3.8, 4) is 5.75 Å². The van der Waals surface area contributed by atoms with Gasteiger partial charge in [0.15, 0.2) is 0 Å². The quantitative estimate of drug-likeness (QED) is 0.600. The highest BCUT2D eigenvalue weighted by Gasteiger charge is 2.05. The molecule has 0 aliphatic heterocycles. The van der Waals surface area contributed by atoms with Crippen molar-refractivity contribution in [2.45, 2.75) is 20.1 Å². The second-order valence-corrected chi connectivity index (χ2v) is 5.39. The molecule has 2 aromatic rings. The van der Waals surface area contributed by atoms with Crippen molar-refractivity contribution in [1.29, 1.82) is 0 Å². The van der Waals surface area contributed by atoms with E-state index in [4.69, 9.17) is 16.3 Å². The molecule has 21 heavy (non-hydrogen) atoms. The fourth-order valence-corrected chi connectivity index (χ4v) is 2.29. The van der Waals surface area contributed by atoms with Gasteiger partial charge in [-0.05, 0) is 30.7 Å². The molecular weight excluding hydrogens is 282 g/mol. The second kappa shape index (κ2) is 7.87. The third kappa shape index (κ3) is 4.92. The monoisotopic (exact) mass is 301 g/mol. The van der Waals surface area contributed by atoms with Crippen molar-refractivity contribution in [3.05, 3.63) is 76.8 Å². The lowest BCUT2D eigenvalue weighted by atomic mass is 10.1. The maximum Gasteiger partial charge on any atom is 0.124 e. The Bertz CT molecular complexity index is 610. The largest absolute Gasteiger partial charge is 0.489 e. The van der Waals surface area contributed by atoms with Gasteiger partial charge < -0.3 is 10.1 Å². The molecule has 0 aliphatic rings. The van der Waals surface area contributed by atoms with Gasteiger partial charge in [-0.1, -0.05) is 47.5 Å². The number of aryl methyl sites for hydroxylation is 1. The number of nitrogens with one attached hydrogen (secondary N) is 1. The summed E-state index contributed by atoms with van der Waals surface area (Å²) in [5.74, 6) is 0.859. The Balaban J connectivity index is 2.06. The van der Waals surface area contributed by atoms with E-state index in [1.807, 2.05) is 30.3 Å². The minimum Gasteiger partial charge on any atom is -0.489 e.